The molecule has 1 aliphatic rings. The second-order valence-electron chi connectivity index (χ2n) is 11.6. The van der Waals surface area contributed by atoms with Crippen LogP contribution >= 0.6 is 0 Å². The van der Waals surface area contributed by atoms with Crippen LogP contribution in [-0.4, -0.2) is 87.5 Å². The third-order valence-corrected chi connectivity index (χ3v) is 7.96. The van der Waals surface area contributed by atoms with Crippen LogP contribution in [-0.2, 0) is 14.3 Å². The third kappa shape index (κ3) is 16.0. The van der Waals surface area contributed by atoms with E-state index >= 15 is 0 Å². The van der Waals surface area contributed by atoms with Crippen LogP contribution in [0.15, 0.2) is 0 Å². The van der Waals surface area contributed by atoms with Gasteiger partial charge >= 0.3 is 0 Å². The largest absolute Gasteiger partial charge is 0.394 e. The number of rotatable bonds is 25. The summed E-state index contributed by atoms with van der Waals surface area (Å²) >= 11 is 0. The van der Waals surface area contributed by atoms with Crippen LogP contribution in [0.5, 0.6) is 0 Å². The lowest BCUT2D eigenvalue weighted by Crippen LogP contribution is -2.60. The van der Waals surface area contributed by atoms with Crippen LogP contribution in [0.4, 0.5) is 0 Å². The monoisotopic (exact) mass is 575 g/mol. The summed E-state index contributed by atoms with van der Waals surface area (Å²) in [6, 6.07) is -0.706. The molecule has 7 atom stereocenters. The highest BCUT2D eigenvalue weighted by atomic mass is 16.7. The molecule has 0 aromatic carbocycles. The van der Waals surface area contributed by atoms with E-state index in [0.29, 0.717) is 12.8 Å². The van der Waals surface area contributed by atoms with Crippen LogP contribution < -0.4 is 5.32 Å². The maximum atomic E-state index is 12.7. The number of carbonyl (C=O) groups is 1. The highest BCUT2D eigenvalue weighted by Crippen LogP contribution is 2.23. The van der Waals surface area contributed by atoms with Crippen molar-refractivity contribution in [2.24, 2.45) is 0 Å². The summed E-state index contributed by atoms with van der Waals surface area (Å²) in [6.07, 6.45) is 12.8. The Hall–Kier alpha value is -0.810. The Kier molecular flexibility index (Phi) is 22.1. The molecule has 6 N–H and O–H groups in total. The van der Waals surface area contributed by atoms with Crippen LogP contribution in [0.1, 0.15) is 136 Å². The molecule has 0 spiro atoms. The molecule has 1 aliphatic heterocycles. The highest BCUT2D eigenvalue weighted by molar-refractivity contribution is 5.76. The Bertz CT molecular complexity index is 608. The van der Waals surface area contributed by atoms with Crippen LogP contribution in [0.3, 0.4) is 0 Å². The Morgan fingerprint density at radius 1 is 0.750 bits per heavy atom. The minimum absolute atomic E-state index is 0.135. The molecule has 9 heteroatoms. The summed E-state index contributed by atoms with van der Waals surface area (Å²) in [7, 11) is 0. The van der Waals surface area contributed by atoms with Gasteiger partial charge in [0.1, 0.15) is 24.4 Å². The number of nitrogens with one attached hydrogen (secondary N) is 1. The SMILES string of the molecule is CCCCCCCCCCCCC(O)C(COC1OC(CO)C(O)C(O)C1O)NC(=O)CCCCCCCCC. The summed E-state index contributed by atoms with van der Waals surface area (Å²) in [5, 5.41) is 53.6. The fourth-order valence-corrected chi connectivity index (χ4v) is 5.22. The number of carbonyl (C=O) groups excluding carboxylic acids is 1. The molecule has 0 aliphatic carbocycles. The van der Waals surface area contributed by atoms with Crippen molar-refractivity contribution in [1.29, 1.82) is 0 Å². The van der Waals surface area contributed by atoms with E-state index in [2.05, 4.69) is 19.2 Å². The van der Waals surface area contributed by atoms with Crippen molar-refractivity contribution in [3.8, 4) is 0 Å². The van der Waals surface area contributed by atoms with Gasteiger partial charge in [-0.2, -0.15) is 0 Å². The van der Waals surface area contributed by atoms with E-state index in [1.165, 1.54) is 70.6 Å². The molecule has 0 aromatic rings. The van der Waals surface area contributed by atoms with Crippen molar-refractivity contribution in [2.45, 2.75) is 179 Å². The van der Waals surface area contributed by atoms with Crippen LogP contribution in [0.25, 0.3) is 0 Å². The zero-order valence-corrected chi connectivity index (χ0v) is 25.4. The molecular formula is C31H61NO8. The predicted octanol–water partition coefficient (Wildman–Crippen LogP) is 4.10. The molecule has 40 heavy (non-hydrogen) atoms. The standard InChI is InChI=1S/C31H61NO8/c1-3-5-7-9-11-12-13-15-16-18-20-25(34)24(32-27(35)21-19-17-14-10-8-6-4-2)23-39-31-30(38)29(37)28(36)26(22-33)40-31/h24-26,28-31,33-34,36-38H,3-23H2,1-2H3,(H,32,35). The minimum atomic E-state index is -1.54. The number of hydrogen-bond acceptors (Lipinski definition) is 8. The molecule has 238 valence electrons. The van der Waals surface area contributed by atoms with E-state index in [9.17, 15) is 30.3 Å². The zero-order chi connectivity index (χ0) is 29.6. The van der Waals surface area contributed by atoms with Gasteiger partial charge in [0.25, 0.3) is 0 Å². The van der Waals surface area contributed by atoms with Crippen molar-refractivity contribution in [3.05, 3.63) is 0 Å². The van der Waals surface area contributed by atoms with Gasteiger partial charge in [-0.1, -0.05) is 117 Å². The lowest BCUT2D eigenvalue weighted by atomic mass is 9.99. The van der Waals surface area contributed by atoms with Gasteiger partial charge in [-0.05, 0) is 12.8 Å². The van der Waals surface area contributed by atoms with Gasteiger partial charge in [-0.25, -0.2) is 0 Å². The highest BCUT2D eigenvalue weighted by Gasteiger charge is 2.44. The lowest BCUT2D eigenvalue weighted by molar-refractivity contribution is -0.302. The van der Waals surface area contributed by atoms with E-state index < -0.39 is 49.5 Å². The molecule has 0 aromatic heterocycles. The summed E-state index contributed by atoms with van der Waals surface area (Å²) < 4.78 is 11.1. The molecule has 0 bridgehead atoms. The topological polar surface area (TPSA) is 149 Å². The normalized spacial score (nSPS) is 24.6. The van der Waals surface area contributed by atoms with Gasteiger partial charge in [0.15, 0.2) is 6.29 Å². The number of aliphatic hydroxyl groups is 5. The van der Waals surface area contributed by atoms with E-state index in [4.69, 9.17) is 9.47 Å². The van der Waals surface area contributed by atoms with E-state index in [1.54, 1.807) is 0 Å². The van der Waals surface area contributed by atoms with Gasteiger partial charge in [0.05, 0.1) is 25.4 Å². The second kappa shape index (κ2) is 23.7. The number of unbranched alkanes of at least 4 members (excludes halogenated alkanes) is 15. The lowest BCUT2D eigenvalue weighted by Gasteiger charge is -2.40. The molecule has 9 nitrogen and oxygen atoms in total. The first kappa shape index (κ1) is 37.2. The second-order valence-corrected chi connectivity index (χ2v) is 11.6. The molecular weight excluding hydrogens is 514 g/mol. The average molecular weight is 576 g/mol. The van der Waals surface area contributed by atoms with E-state index in [0.717, 1.165) is 38.5 Å². The van der Waals surface area contributed by atoms with Crippen molar-refractivity contribution in [2.75, 3.05) is 13.2 Å². The Morgan fingerprint density at radius 2 is 1.25 bits per heavy atom. The van der Waals surface area contributed by atoms with Crippen molar-refractivity contribution in [1.82, 2.24) is 5.32 Å². The molecule has 7 unspecified atom stereocenters. The maximum absolute atomic E-state index is 12.7. The summed E-state index contributed by atoms with van der Waals surface area (Å²) in [4.78, 5) is 12.7. The van der Waals surface area contributed by atoms with Crippen LogP contribution in [0, 0.1) is 0 Å². The van der Waals surface area contributed by atoms with Gasteiger partial charge in [0, 0.05) is 6.42 Å². The average Bonchev–Trinajstić information content (AvgIpc) is 2.95. The first-order valence-electron chi connectivity index (χ1n) is 16.2. The Labute approximate surface area is 243 Å². The fourth-order valence-electron chi connectivity index (χ4n) is 5.22. The molecule has 1 fully saturated rings. The smallest absolute Gasteiger partial charge is 0.220 e. The number of ether oxygens (including phenoxy) is 2. The third-order valence-electron chi connectivity index (χ3n) is 7.96. The summed E-state index contributed by atoms with van der Waals surface area (Å²) in [6.45, 7) is 3.73. The zero-order valence-electron chi connectivity index (χ0n) is 25.4. The Morgan fingerprint density at radius 3 is 1.77 bits per heavy atom. The molecule has 1 rings (SSSR count). The first-order chi connectivity index (χ1) is 19.3. The van der Waals surface area contributed by atoms with Gasteiger partial charge < -0.3 is 40.3 Å². The molecule has 1 amide bonds. The quantitative estimate of drug-likeness (QED) is 0.0892. The van der Waals surface area contributed by atoms with Crippen molar-refractivity contribution < 1.29 is 39.8 Å². The van der Waals surface area contributed by atoms with Crippen molar-refractivity contribution >= 4 is 5.91 Å². The van der Waals surface area contributed by atoms with E-state index in [1.807, 2.05) is 0 Å². The molecule has 1 heterocycles. The number of amides is 1. The number of aliphatic hydroxyl groups excluding tert-OH is 5. The summed E-state index contributed by atoms with van der Waals surface area (Å²) in [5.74, 6) is -0.155. The summed E-state index contributed by atoms with van der Waals surface area (Å²) in [5.41, 5.74) is 0. The first-order valence-corrected chi connectivity index (χ1v) is 16.2. The van der Waals surface area contributed by atoms with Gasteiger partial charge in [-0.3, -0.25) is 4.79 Å². The van der Waals surface area contributed by atoms with Gasteiger partial charge in [0.2, 0.25) is 5.91 Å². The van der Waals surface area contributed by atoms with Gasteiger partial charge in [-0.15, -0.1) is 0 Å². The minimum Gasteiger partial charge on any atom is -0.394 e. The molecule has 1 saturated heterocycles. The predicted molar refractivity (Wildman–Crippen MR) is 157 cm³/mol. The number of hydrogen-bond donors (Lipinski definition) is 6. The van der Waals surface area contributed by atoms with E-state index in [-0.39, 0.29) is 12.5 Å². The Balaban J connectivity index is 2.51. The van der Waals surface area contributed by atoms with Crippen molar-refractivity contribution in [3.63, 3.8) is 0 Å². The molecule has 0 radical (unpaired) electrons. The molecule has 0 saturated carbocycles. The fraction of sp³-hybridized carbons (Fsp3) is 0.968. The maximum Gasteiger partial charge on any atom is 0.220 e. The van der Waals surface area contributed by atoms with Crippen LogP contribution in [0.2, 0.25) is 0 Å².